The second kappa shape index (κ2) is 5.83. The summed E-state index contributed by atoms with van der Waals surface area (Å²) in [5, 5.41) is 2.62. The molecule has 0 aromatic heterocycles. The van der Waals surface area contributed by atoms with Crippen molar-refractivity contribution in [3.05, 3.63) is 47.0 Å². The van der Waals surface area contributed by atoms with E-state index < -0.39 is 10.0 Å². The van der Waals surface area contributed by atoms with Gasteiger partial charge in [0.1, 0.15) is 5.75 Å². The number of benzene rings is 2. The van der Waals surface area contributed by atoms with Crippen LogP contribution in [0.15, 0.2) is 35.2 Å². The number of rotatable bonds is 3. The van der Waals surface area contributed by atoms with Gasteiger partial charge in [-0.1, -0.05) is 6.07 Å². The van der Waals surface area contributed by atoms with Crippen LogP contribution < -0.4 is 14.8 Å². The van der Waals surface area contributed by atoms with Crippen molar-refractivity contribution >= 4 is 27.3 Å². The summed E-state index contributed by atoms with van der Waals surface area (Å²) in [5.41, 5.74) is 3.48. The number of carbonyl (C=O) groups is 1. The van der Waals surface area contributed by atoms with Gasteiger partial charge >= 0.3 is 0 Å². The normalized spacial score (nSPS) is 13.7. The average molecular weight is 346 g/mol. The molecule has 2 aromatic carbocycles. The largest absolute Gasteiger partial charge is 0.482 e. The van der Waals surface area contributed by atoms with E-state index in [9.17, 15) is 13.2 Å². The van der Waals surface area contributed by atoms with E-state index >= 15 is 0 Å². The molecule has 2 aromatic rings. The molecule has 2 N–H and O–H groups in total. The van der Waals surface area contributed by atoms with E-state index in [0.717, 1.165) is 11.1 Å². The highest BCUT2D eigenvalue weighted by atomic mass is 32.2. The minimum Gasteiger partial charge on any atom is -0.482 e. The first-order valence-corrected chi connectivity index (χ1v) is 8.92. The van der Waals surface area contributed by atoms with Crippen LogP contribution in [0.2, 0.25) is 0 Å². The summed E-state index contributed by atoms with van der Waals surface area (Å²) in [7, 11) is -3.78. The van der Waals surface area contributed by atoms with Gasteiger partial charge in [-0.3, -0.25) is 9.52 Å². The lowest BCUT2D eigenvalue weighted by Crippen LogP contribution is -2.26. The fourth-order valence-corrected chi connectivity index (χ4v) is 3.82. The lowest BCUT2D eigenvalue weighted by Gasteiger charge is -2.20. The Balaban J connectivity index is 1.98. The van der Waals surface area contributed by atoms with Gasteiger partial charge in [-0.15, -0.1) is 0 Å². The summed E-state index contributed by atoms with van der Waals surface area (Å²) < 4.78 is 33.3. The highest BCUT2D eigenvalue weighted by Crippen LogP contribution is 2.33. The number of aryl methyl sites for hydroxylation is 3. The van der Waals surface area contributed by atoms with Crippen LogP contribution in [0, 0.1) is 20.8 Å². The Hall–Kier alpha value is -2.54. The monoisotopic (exact) mass is 346 g/mol. The molecule has 0 atom stereocenters. The maximum atomic E-state index is 12.7. The molecule has 1 amide bonds. The van der Waals surface area contributed by atoms with Gasteiger partial charge in [0.05, 0.1) is 10.6 Å². The van der Waals surface area contributed by atoms with E-state index in [1.165, 1.54) is 6.07 Å². The van der Waals surface area contributed by atoms with Crippen molar-refractivity contribution in [2.45, 2.75) is 25.7 Å². The molecule has 1 heterocycles. The van der Waals surface area contributed by atoms with Crippen LogP contribution in [0.3, 0.4) is 0 Å². The van der Waals surface area contributed by atoms with Crippen LogP contribution in [-0.2, 0) is 14.8 Å². The summed E-state index contributed by atoms with van der Waals surface area (Å²) in [6, 6.07) is 8.40. The van der Waals surface area contributed by atoms with E-state index in [2.05, 4.69) is 10.0 Å². The maximum absolute atomic E-state index is 12.7. The zero-order valence-corrected chi connectivity index (χ0v) is 14.5. The van der Waals surface area contributed by atoms with Gasteiger partial charge in [0, 0.05) is 5.69 Å². The van der Waals surface area contributed by atoms with Gasteiger partial charge < -0.3 is 10.1 Å². The zero-order valence-electron chi connectivity index (χ0n) is 13.6. The summed E-state index contributed by atoms with van der Waals surface area (Å²) >= 11 is 0. The molecule has 0 radical (unpaired) electrons. The van der Waals surface area contributed by atoms with Crippen LogP contribution in [0.1, 0.15) is 16.7 Å². The molecule has 0 fully saturated rings. The predicted molar refractivity (Wildman–Crippen MR) is 92.0 cm³/mol. The van der Waals surface area contributed by atoms with Crippen LogP contribution in [0.25, 0.3) is 0 Å². The first-order valence-electron chi connectivity index (χ1n) is 7.43. The van der Waals surface area contributed by atoms with Gasteiger partial charge in [-0.05, 0) is 61.7 Å². The number of nitrogens with one attached hydrogen (secondary N) is 2. The van der Waals surface area contributed by atoms with Crippen molar-refractivity contribution in [1.82, 2.24) is 0 Å². The predicted octanol–water partition coefficient (Wildman–Crippen LogP) is 2.74. The number of ether oxygens (including phenoxy) is 1. The van der Waals surface area contributed by atoms with E-state index in [1.54, 1.807) is 25.1 Å². The number of hydrogen-bond donors (Lipinski definition) is 2. The third-order valence-corrected chi connectivity index (χ3v) is 5.48. The molecular formula is C17H18N2O4S. The minimum absolute atomic E-state index is 0.0700. The lowest BCUT2D eigenvalue weighted by atomic mass is 10.1. The van der Waals surface area contributed by atoms with Crippen molar-refractivity contribution in [1.29, 1.82) is 0 Å². The Morgan fingerprint density at radius 3 is 2.50 bits per heavy atom. The lowest BCUT2D eigenvalue weighted by molar-refractivity contribution is -0.118. The molecule has 0 bridgehead atoms. The molecule has 3 rings (SSSR count). The van der Waals surface area contributed by atoms with E-state index in [0.29, 0.717) is 22.7 Å². The van der Waals surface area contributed by atoms with Crippen molar-refractivity contribution in [2.75, 3.05) is 16.6 Å². The molecule has 0 unspecified atom stereocenters. The van der Waals surface area contributed by atoms with Crippen LogP contribution in [0.4, 0.5) is 11.4 Å². The molecular weight excluding hydrogens is 328 g/mol. The van der Waals surface area contributed by atoms with Crippen molar-refractivity contribution in [2.24, 2.45) is 0 Å². The van der Waals surface area contributed by atoms with Gasteiger partial charge in [-0.2, -0.15) is 0 Å². The third-order valence-electron chi connectivity index (χ3n) is 3.96. The molecule has 0 saturated heterocycles. The highest BCUT2D eigenvalue weighted by Gasteiger charge is 2.23. The molecule has 1 aliphatic rings. The van der Waals surface area contributed by atoms with Gasteiger partial charge in [0.25, 0.3) is 15.9 Å². The number of amides is 1. The molecule has 0 aliphatic carbocycles. The molecule has 24 heavy (non-hydrogen) atoms. The van der Waals surface area contributed by atoms with E-state index in [-0.39, 0.29) is 17.4 Å². The molecule has 0 spiro atoms. The third kappa shape index (κ3) is 3.07. The van der Waals surface area contributed by atoms with Gasteiger partial charge in [0.15, 0.2) is 6.61 Å². The maximum Gasteiger partial charge on any atom is 0.262 e. The minimum atomic E-state index is -3.78. The summed E-state index contributed by atoms with van der Waals surface area (Å²) in [5.74, 6) is 0.161. The topological polar surface area (TPSA) is 84.5 Å². The Morgan fingerprint density at radius 2 is 1.79 bits per heavy atom. The second-order valence-electron chi connectivity index (χ2n) is 5.86. The van der Waals surface area contributed by atoms with Gasteiger partial charge in [-0.25, -0.2) is 8.42 Å². The quantitative estimate of drug-likeness (QED) is 0.895. The fraction of sp³-hybridized carbons (Fsp3) is 0.235. The molecule has 6 nitrogen and oxygen atoms in total. The summed E-state index contributed by atoms with van der Waals surface area (Å²) in [6.45, 7) is 5.50. The Bertz CT molecular complexity index is 936. The van der Waals surface area contributed by atoms with Crippen LogP contribution in [-0.4, -0.2) is 20.9 Å². The Kier molecular flexibility index (Phi) is 3.96. The smallest absolute Gasteiger partial charge is 0.262 e. The first kappa shape index (κ1) is 16.3. The second-order valence-corrected chi connectivity index (χ2v) is 7.51. The fourth-order valence-electron chi connectivity index (χ4n) is 2.51. The Labute approximate surface area is 140 Å². The molecule has 0 saturated carbocycles. The van der Waals surface area contributed by atoms with E-state index in [1.807, 2.05) is 19.9 Å². The van der Waals surface area contributed by atoms with Crippen molar-refractivity contribution in [3.8, 4) is 5.75 Å². The number of sulfonamides is 1. The molecule has 126 valence electrons. The number of fused-ring (bicyclic) bond motifs is 1. The van der Waals surface area contributed by atoms with Gasteiger partial charge in [0.2, 0.25) is 0 Å². The van der Waals surface area contributed by atoms with Crippen LogP contribution >= 0.6 is 0 Å². The highest BCUT2D eigenvalue weighted by molar-refractivity contribution is 7.92. The standard InChI is InChI=1S/C17H18N2O4S/c1-10-4-5-13(6-11(10)2)19-24(21,22)16-8-14-15(7-12(16)3)23-9-17(20)18-14/h4-8,19H,9H2,1-3H3,(H,18,20). The summed E-state index contributed by atoms with van der Waals surface area (Å²) in [4.78, 5) is 11.5. The van der Waals surface area contributed by atoms with Crippen molar-refractivity contribution < 1.29 is 17.9 Å². The number of hydrogen-bond acceptors (Lipinski definition) is 4. The van der Waals surface area contributed by atoms with Crippen LogP contribution in [0.5, 0.6) is 5.75 Å². The van der Waals surface area contributed by atoms with E-state index in [4.69, 9.17) is 4.74 Å². The number of anilines is 2. The summed E-state index contributed by atoms with van der Waals surface area (Å²) in [6.07, 6.45) is 0. The Morgan fingerprint density at radius 1 is 1.04 bits per heavy atom. The SMILES string of the molecule is Cc1ccc(NS(=O)(=O)c2cc3c(cc2C)OCC(=O)N3)cc1C. The zero-order chi connectivity index (χ0) is 17.5. The molecule has 1 aliphatic heterocycles. The number of carbonyl (C=O) groups excluding carboxylic acids is 1. The average Bonchev–Trinajstić information content (AvgIpc) is 2.50. The van der Waals surface area contributed by atoms with Crippen molar-refractivity contribution in [3.63, 3.8) is 0 Å². The first-order chi connectivity index (χ1) is 11.3. The molecule has 7 heteroatoms.